The number of para-hydroxylation sites is 1. The molecule has 2 aromatic carbocycles. The number of rotatable bonds is 5. The smallest absolute Gasteiger partial charge is 0.258 e. The molecule has 1 aromatic heterocycles. The molecule has 3 aromatic rings. The second-order valence-electron chi connectivity index (χ2n) is 9.21. The monoisotopic (exact) mass is 475 g/mol. The van der Waals surface area contributed by atoms with E-state index in [4.69, 9.17) is 4.74 Å². The number of amides is 2. The lowest BCUT2D eigenvalue weighted by Gasteiger charge is -2.35. The lowest BCUT2D eigenvalue weighted by molar-refractivity contribution is -0.137. The Hall–Kier alpha value is -3.72. The number of nitrogens with zero attached hydrogens (tertiary/aromatic N) is 4. The summed E-state index contributed by atoms with van der Waals surface area (Å²) in [7, 11) is 1.58. The minimum absolute atomic E-state index is 0.0179. The molecule has 9 nitrogen and oxygen atoms in total. The summed E-state index contributed by atoms with van der Waals surface area (Å²) in [6.07, 6.45) is 0.207. The predicted octanol–water partition coefficient (Wildman–Crippen LogP) is 1.94. The summed E-state index contributed by atoms with van der Waals surface area (Å²) in [6.45, 7) is 5.36. The van der Waals surface area contributed by atoms with Crippen molar-refractivity contribution < 1.29 is 14.3 Å². The van der Waals surface area contributed by atoms with Crippen LogP contribution in [-0.4, -0.2) is 71.4 Å². The van der Waals surface area contributed by atoms with Gasteiger partial charge in [0, 0.05) is 39.1 Å². The van der Waals surface area contributed by atoms with Gasteiger partial charge >= 0.3 is 0 Å². The molecule has 2 saturated heterocycles. The van der Waals surface area contributed by atoms with Crippen molar-refractivity contribution >= 4 is 28.4 Å². The second-order valence-corrected chi connectivity index (χ2v) is 9.21. The first-order valence-corrected chi connectivity index (χ1v) is 11.9. The molecule has 1 N–H and O–H groups in total. The summed E-state index contributed by atoms with van der Waals surface area (Å²) in [5.41, 5.74) is 2.29. The highest BCUT2D eigenvalue weighted by molar-refractivity contribution is 6.01. The molecule has 9 heteroatoms. The molecule has 5 rings (SSSR count). The van der Waals surface area contributed by atoms with Crippen molar-refractivity contribution in [3.8, 4) is 5.75 Å². The van der Waals surface area contributed by atoms with Gasteiger partial charge in [0.1, 0.15) is 11.6 Å². The minimum Gasteiger partial charge on any atom is -0.495 e. The van der Waals surface area contributed by atoms with Gasteiger partial charge in [0.15, 0.2) is 0 Å². The van der Waals surface area contributed by atoms with Gasteiger partial charge in [0.05, 0.1) is 36.2 Å². The summed E-state index contributed by atoms with van der Waals surface area (Å²) in [5.74, 6) is 0.850. The first-order valence-electron chi connectivity index (χ1n) is 11.9. The van der Waals surface area contributed by atoms with E-state index in [2.05, 4.69) is 14.9 Å². The SMILES string of the molecule is COc1ccc(C)cc1N1CC(C(=O)N2CCN(Cc3nc4ccccc4c(=O)[nH]3)CC2)CC1=O. The van der Waals surface area contributed by atoms with Crippen LogP contribution in [0.5, 0.6) is 5.75 Å². The quantitative estimate of drug-likeness (QED) is 0.606. The number of hydrogen-bond acceptors (Lipinski definition) is 6. The molecule has 2 aliphatic heterocycles. The number of fused-ring (bicyclic) bond motifs is 1. The van der Waals surface area contributed by atoms with E-state index in [1.807, 2.05) is 48.2 Å². The summed E-state index contributed by atoms with van der Waals surface area (Å²) >= 11 is 0. The average Bonchev–Trinajstić information content (AvgIpc) is 3.25. The van der Waals surface area contributed by atoms with Crippen molar-refractivity contribution in [2.45, 2.75) is 19.9 Å². The Morgan fingerprint density at radius 1 is 1.11 bits per heavy atom. The number of carbonyl (C=O) groups is 2. The molecule has 0 spiro atoms. The van der Waals surface area contributed by atoms with Gasteiger partial charge in [-0.05, 0) is 36.8 Å². The Balaban J connectivity index is 1.20. The highest BCUT2D eigenvalue weighted by Crippen LogP contribution is 2.34. The molecule has 1 atom stereocenters. The Kier molecular flexibility index (Phi) is 6.25. The number of carbonyl (C=O) groups excluding carboxylic acids is 2. The molecule has 182 valence electrons. The van der Waals surface area contributed by atoms with Gasteiger partial charge in [-0.15, -0.1) is 0 Å². The van der Waals surface area contributed by atoms with Crippen LogP contribution in [-0.2, 0) is 16.1 Å². The molecule has 0 saturated carbocycles. The molecule has 0 aliphatic carbocycles. The fraction of sp³-hybridized carbons (Fsp3) is 0.385. The van der Waals surface area contributed by atoms with Crippen LogP contribution >= 0.6 is 0 Å². The highest BCUT2D eigenvalue weighted by Gasteiger charge is 2.38. The summed E-state index contributed by atoms with van der Waals surface area (Å²) in [5, 5.41) is 0.579. The largest absolute Gasteiger partial charge is 0.495 e. The van der Waals surface area contributed by atoms with Gasteiger partial charge in [-0.25, -0.2) is 4.98 Å². The number of ether oxygens (including phenoxy) is 1. The molecule has 2 aliphatic rings. The van der Waals surface area contributed by atoms with E-state index in [0.717, 1.165) is 11.3 Å². The van der Waals surface area contributed by atoms with E-state index in [1.54, 1.807) is 18.1 Å². The fourth-order valence-corrected chi connectivity index (χ4v) is 4.92. The maximum absolute atomic E-state index is 13.2. The van der Waals surface area contributed by atoms with Gasteiger partial charge < -0.3 is 19.5 Å². The zero-order valence-electron chi connectivity index (χ0n) is 20.0. The average molecular weight is 476 g/mol. The first-order chi connectivity index (χ1) is 16.9. The third kappa shape index (κ3) is 4.64. The normalized spacial score (nSPS) is 18.9. The Bertz CT molecular complexity index is 1330. The number of nitrogens with one attached hydrogen (secondary N) is 1. The molecule has 2 fully saturated rings. The first kappa shape index (κ1) is 23.0. The number of H-pyrrole nitrogens is 1. The second kappa shape index (κ2) is 9.50. The topological polar surface area (TPSA) is 98.8 Å². The molecule has 0 radical (unpaired) electrons. The van der Waals surface area contributed by atoms with Gasteiger partial charge in [-0.2, -0.15) is 0 Å². The Labute approximate surface area is 203 Å². The van der Waals surface area contributed by atoms with E-state index in [0.29, 0.717) is 61.7 Å². The van der Waals surface area contributed by atoms with E-state index in [1.165, 1.54) is 0 Å². The summed E-state index contributed by atoms with van der Waals surface area (Å²) in [6, 6.07) is 13.0. The molecule has 35 heavy (non-hydrogen) atoms. The fourth-order valence-electron chi connectivity index (χ4n) is 4.92. The van der Waals surface area contributed by atoms with E-state index < -0.39 is 0 Å². The van der Waals surface area contributed by atoms with Gasteiger partial charge in [-0.1, -0.05) is 18.2 Å². The van der Waals surface area contributed by atoms with Crippen molar-refractivity contribution in [3.05, 3.63) is 64.2 Å². The molecule has 2 amide bonds. The number of methoxy groups -OCH3 is 1. The lowest BCUT2D eigenvalue weighted by Crippen LogP contribution is -2.50. The number of anilines is 1. The van der Waals surface area contributed by atoms with Crippen molar-refractivity contribution in [1.82, 2.24) is 19.8 Å². The number of hydrogen-bond donors (Lipinski definition) is 1. The maximum Gasteiger partial charge on any atom is 0.258 e. The molecule has 3 heterocycles. The highest BCUT2D eigenvalue weighted by atomic mass is 16.5. The predicted molar refractivity (Wildman–Crippen MR) is 132 cm³/mol. The van der Waals surface area contributed by atoms with E-state index in [9.17, 15) is 14.4 Å². The van der Waals surface area contributed by atoms with E-state index in [-0.39, 0.29) is 29.7 Å². The number of aromatic nitrogens is 2. The summed E-state index contributed by atoms with van der Waals surface area (Å²) < 4.78 is 5.44. The van der Waals surface area contributed by atoms with E-state index >= 15 is 0 Å². The maximum atomic E-state index is 13.2. The zero-order chi connectivity index (χ0) is 24.5. The Morgan fingerprint density at radius 2 is 1.89 bits per heavy atom. The zero-order valence-corrected chi connectivity index (χ0v) is 20.0. The summed E-state index contributed by atoms with van der Waals surface area (Å²) in [4.78, 5) is 51.5. The van der Waals surface area contributed by atoms with Gasteiger partial charge in [0.25, 0.3) is 5.56 Å². The van der Waals surface area contributed by atoms with Crippen molar-refractivity contribution in [2.24, 2.45) is 5.92 Å². The standard InChI is InChI=1S/C26H29N5O4/c1-17-7-8-22(35-2)21(13-17)31-15-18(14-24(31)32)26(34)30-11-9-29(10-12-30)16-23-27-20-6-4-3-5-19(20)25(33)28-23/h3-8,13,18H,9-12,14-16H2,1-2H3,(H,27,28,33). The minimum atomic E-state index is -0.363. The van der Waals surface area contributed by atoms with Crippen LogP contribution < -0.4 is 15.2 Å². The van der Waals surface area contributed by atoms with Crippen molar-refractivity contribution in [3.63, 3.8) is 0 Å². The van der Waals surface area contributed by atoms with Crippen LogP contribution in [0.15, 0.2) is 47.3 Å². The van der Waals surface area contributed by atoms with Gasteiger partial charge in [-0.3, -0.25) is 19.3 Å². The number of piperazine rings is 1. The van der Waals surface area contributed by atoms with Gasteiger partial charge in [0.2, 0.25) is 11.8 Å². The van der Waals surface area contributed by atoms with Crippen molar-refractivity contribution in [2.75, 3.05) is 44.7 Å². The number of aromatic amines is 1. The van der Waals surface area contributed by atoms with Crippen LogP contribution in [0.2, 0.25) is 0 Å². The van der Waals surface area contributed by atoms with Crippen LogP contribution in [0.3, 0.4) is 0 Å². The molecular weight excluding hydrogens is 446 g/mol. The third-order valence-electron chi connectivity index (χ3n) is 6.82. The third-order valence-corrected chi connectivity index (χ3v) is 6.82. The number of benzene rings is 2. The van der Waals surface area contributed by atoms with Crippen molar-refractivity contribution in [1.29, 1.82) is 0 Å². The molecular formula is C26H29N5O4. The van der Waals surface area contributed by atoms with Crippen LogP contribution in [0.25, 0.3) is 10.9 Å². The molecule has 0 bridgehead atoms. The van der Waals surface area contributed by atoms with Crippen LogP contribution in [0.1, 0.15) is 17.8 Å². The lowest BCUT2D eigenvalue weighted by atomic mass is 10.1. The Morgan fingerprint density at radius 3 is 2.66 bits per heavy atom. The number of aryl methyl sites for hydroxylation is 1. The van der Waals surface area contributed by atoms with Crippen LogP contribution in [0.4, 0.5) is 5.69 Å². The molecule has 1 unspecified atom stereocenters. The van der Waals surface area contributed by atoms with Crippen LogP contribution in [0, 0.1) is 12.8 Å².